The second-order valence-corrected chi connectivity index (χ2v) is 9.57. The molecule has 4 rings (SSSR count). The van der Waals surface area contributed by atoms with Gasteiger partial charge in [0.05, 0.1) is 18.2 Å². The van der Waals surface area contributed by atoms with Gasteiger partial charge < -0.3 is 9.47 Å². The number of hydrogen-bond acceptors (Lipinski definition) is 2. The summed E-state index contributed by atoms with van der Waals surface area (Å²) in [4.78, 5) is 0. The molecule has 0 aromatic heterocycles. The molecule has 0 aliphatic rings. The van der Waals surface area contributed by atoms with Crippen LogP contribution in [0.1, 0.15) is 48.4 Å². The number of hydrogen-bond donors (Lipinski definition) is 0. The topological polar surface area (TPSA) is 18.5 Å². The van der Waals surface area contributed by atoms with Gasteiger partial charge in [-0.2, -0.15) is 8.78 Å². The summed E-state index contributed by atoms with van der Waals surface area (Å²) in [6, 6.07) is 10.3. The number of rotatable bonds is 9. The van der Waals surface area contributed by atoms with Gasteiger partial charge in [-0.15, -0.1) is 0 Å². The average Bonchev–Trinajstić information content (AvgIpc) is 2.94. The molecule has 2 nitrogen and oxygen atoms in total. The molecule has 4 aromatic carbocycles. The summed E-state index contributed by atoms with van der Waals surface area (Å²) in [5.41, 5.74) is -1.48. The molecular weight excluding hydrogens is 580 g/mol. The molecular formula is C33H24F8O2. The highest BCUT2D eigenvalue weighted by atomic mass is 19.3. The molecule has 0 fully saturated rings. The molecule has 0 amide bonds. The van der Waals surface area contributed by atoms with E-state index in [1.165, 1.54) is 0 Å². The number of halogens is 8. The third kappa shape index (κ3) is 7.28. The van der Waals surface area contributed by atoms with Crippen LogP contribution in [0.15, 0.2) is 60.7 Å². The zero-order valence-electron chi connectivity index (χ0n) is 22.9. The Hall–Kier alpha value is -4.52. The van der Waals surface area contributed by atoms with E-state index in [9.17, 15) is 35.1 Å². The van der Waals surface area contributed by atoms with Gasteiger partial charge in [0.25, 0.3) is 0 Å². The minimum absolute atomic E-state index is 0.00680. The number of alkyl halides is 2. The fourth-order valence-electron chi connectivity index (χ4n) is 4.31. The molecule has 0 aliphatic carbocycles. The molecule has 0 heterocycles. The van der Waals surface area contributed by atoms with E-state index in [2.05, 4.69) is 23.5 Å². The van der Waals surface area contributed by atoms with Crippen molar-refractivity contribution in [3.05, 3.63) is 118 Å². The molecule has 0 bridgehead atoms. The standard InChI is InChI=1S/C33H24F8O2/c1-3-4-5-6-19-7-9-20(10-8-19)22-14-29(38)32(30(39)15-22)33(40,41)43-23-16-25(34)24(26(35)17-23)12-11-21-13-27(36)28(37)18-31(21)42-2/h7-10,13-18H,3-6H2,1-2H3. The van der Waals surface area contributed by atoms with Crippen molar-refractivity contribution >= 4 is 0 Å². The molecule has 224 valence electrons. The largest absolute Gasteiger partial charge is 0.495 e. The number of ether oxygens (including phenoxy) is 2. The van der Waals surface area contributed by atoms with E-state index in [4.69, 9.17) is 4.74 Å². The number of methoxy groups -OCH3 is 1. The zero-order chi connectivity index (χ0) is 31.3. The van der Waals surface area contributed by atoms with E-state index < -0.39 is 57.9 Å². The lowest BCUT2D eigenvalue weighted by Crippen LogP contribution is -2.25. The predicted octanol–water partition coefficient (Wildman–Crippen LogP) is 9.46. The molecule has 0 N–H and O–H groups in total. The first kappa shape index (κ1) is 31.4. The molecule has 10 heteroatoms. The van der Waals surface area contributed by atoms with Crippen molar-refractivity contribution < 1.29 is 44.6 Å². The third-order valence-electron chi connectivity index (χ3n) is 6.52. The van der Waals surface area contributed by atoms with Crippen molar-refractivity contribution in [1.29, 1.82) is 0 Å². The summed E-state index contributed by atoms with van der Waals surface area (Å²) in [6.07, 6.45) is -0.737. The van der Waals surface area contributed by atoms with Gasteiger partial charge in [0.1, 0.15) is 40.3 Å². The molecule has 0 saturated heterocycles. The molecule has 4 aromatic rings. The van der Waals surface area contributed by atoms with Crippen molar-refractivity contribution in [2.45, 2.75) is 38.7 Å². The van der Waals surface area contributed by atoms with Crippen molar-refractivity contribution in [2.24, 2.45) is 0 Å². The monoisotopic (exact) mass is 604 g/mol. The van der Waals surface area contributed by atoms with Gasteiger partial charge in [-0.3, -0.25) is 0 Å². The summed E-state index contributed by atoms with van der Waals surface area (Å²) < 4.78 is 125. The van der Waals surface area contributed by atoms with Gasteiger partial charge in [0, 0.05) is 18.2 Å². The maximum atomic E-state index is 14.9. The van der Waals surface area contributed by atoms with E-state index in [0.29, 0.717) is 42.0 Å². The van der Waals surface area contributed by atoms with Crippen molar-refractivity contribution in [3.8, 4) is 34.5 Å². The van der Waals surface area contributed by atoms with Gasteiger partial charge in [0.15, 0.2) is 11.6 Å². The Morgan fingerprint density at radius 2 is 1.28 bits per heavy atom. The first-order chi connectivity index (χ1) is 20.4. The van der Waals surface area contributed by atoms with Gasteiger partial charge >= 0.3 is 6.11 Å². The highest BCUT2D eigenvalue weighted by Gasteiger charge is 2.41. The quantitative estimate of drug-likeness (QED) is 0.108. The Balaban J connectivity index is 1.57. The Morgan fingerprint density at radius 1 is 0.674 bits per heavy atom. The summed E-state index contributed by atoms with van der Waals surface area (Å²) in [5.74, 6) is -5.74. The third-order valence-corrected chi connectivity index (χ3v) is 6.52. The van der Waals surface area contributed by atoms with E-state index in [0.717, 1.165) is 38.4 Å². The number of unbranched alkanes of at least 4 members (excludes halogenated alkanes) is 2. The minimum Gasteiger partial charge on any atom is -0.495 e. The molecule has 0 saturated carbocycles. The van der Waals surface area contributed by atoms with Crippen LogP contribution in [0.3, 0.4) is 0 Å². The molecule has 0 atom stereocenters. The van der Waals surface area contributed by atoms with Crippen LogP contribution in [-0.2, 0) is 12.5 Å². The van der Waals surface area contributed by atoms with Crippen LogP contribution in [-0.4, -0.2) is 7.11 Å². The van der Waals surface area contributed by atoms with E-state index in [-0.39, 0.29) is 16.9 Å². The summed E-state index contributed by atoms with van der Waals surface area (Å²) in [7, 11) is 1.14. The minimum atomic E-state index is -4.67. The maximum Gasteiger partial charge on any atom is 0.432 e. The first-order valence-corrected chi connectivity index (χ1v) is 13.1. The summed E-state index contributed by atoms with van der Waals surface area (Å²) in [5, 5.41) is 0. The SMILES string of the molecule is CCCCCc1ccc(-c2cc(F)c(C(F)(F)Oc3cc(F)c(C#Cc4cc(F)c(F)cc4OC)c(F)c3)c(F)c2)cc1. The highest BCUT2D eigenvalue weighted by molar-refractivity contribution is 5.64. The lowest BCUT2D eigenvalue weighted by atomic mass is 9.99. The molecule has 0 aliphatic heterocycles. The van der Waals surface area contributed by atoms with Crippen LogP contribution in [0.4, 0.5) is 35.1 Å². The molecule has 0 spiro atoms. The highest BCUT2D eigenvalue weighted by Crippen LogP contribution is 2.38. The number of aryl methyl sites for hydroxylation is 1. The zero-order valence-corrected chi connectivity index (χ0v) is 22.9. The predicted molar refractivity (Wildman–Crippen MR) is 145 cm³/mol. The van der Waals surface area contributed by atoms with Crippen LogP contribution in [0.25, 0.3) is 11.1 Å². The van der Waals surface area contributed by atoms with Crippen LogP contribution in [0.2, 0.25) is 0 Å². The smallest absolute Gasteiger partial charge is 0.432 e. The number of benzene rings is 4. The van der Waals surface area contributed by atoms with Crippen LogP contribution < -0.4 is 9.47 Å². The van der Waals surface area contributed by atoms with Crippen LogP contribution in [0, 0.1) is 46.7 Å². The van der Waals surface area contributed by atoms with Crippen molar-refractivity contribution in [2.75, 3.05) is 7.11 Å². The maximum absolute atomic E-state index is 14.9. The van der Waals surface area contributed by atoms with Crippen molar-refractivity contribution in [3.63, 3.8) is 0 Å². The van der Waals surface area contributed by atoms with Crippen molar-refractivity contribution in [1.82, 2.24) is 0 Å². The summed E-state index contributed by atoms with van der Waals surface area (Å²) in [6.45, 7) is 2.08. The average molecular weight is 605 g/mol. The second kappa shape index (κ2) is 13.2. The van der Waals surface area contributed by atoms with Gasteiger partial charge in [0.2, 0.25) is 0 Å². The fraction of sp³-hybridized carbons (Fsp3) is 0.212. The van der Waals surface area contributed by atoms with E-state index in [1.54, 1.807) is 24.3 Å². The Kier molecular flexibility index (Phi) is 9.64. The normalized spacial score (nSPS) is 11.2. The van der Waals surface area contributed by atoms with Gasteiger partial charge in [-0.05, 0) is 47.7 Å². The Bertz CT molecular complexity index is 1640. The molecule has 0 unspecified atom stereocenters. The fourth-order valence-corrected chi connectivity index (χ4v) is 4.31. The molecule has 43 heavy (non-hydrogen) atoms. The van der Waals surface area contributed by atoms with Gasteiger partial charge in [-0.1, -0.05) is 55.9 Å². The van der Waals surface area contributed by atoms with Crippen LogP contribution >= 0.6 is 0 Å². The van der Waals surface area contributed by atoms with E-state index in [1.807, 2.05) is 0 Å². The van der Waals surface area contributed by atoms with E-state index >= 15 is 0 Å². The Labute approximate surface area is 242 Å². The Morgan fingerprint density at radius 3 is 1.86 bits per heavy atom. The lowest BCUT2D eigenvalue weighted by molar-refractivity contribution is -0.189. The second-order valence-electron chi connectivity index (χ2n) is 9.57. The molecule has 0 radical (unpaired) electrons. The summed E-state index contributed by atoms with van der Waals surface area (Å²) >= 11 is 0. The first-order valence-electron chi connectivity index (χ1n) is 13.1. The van der Waals surface area contributed by atoms with Gasteiger partial charge in [-0.25, -0.2) is 26.3 Å². The lowest BCUT2D eigenvalue weighted by Gasteiger charge is -2.20. The van der Waals surface area contributed by atoms with Crippen LogP contribution in [0.5, 0.6) is 11.5 Å².